The molecule has 0 fully saturated rings. The number of likely N-dealkylation sites (N-methyl/N-ethyl adjacent to an activating group) is 1. The molecule has 1 N–H and O–H groups in total. The summed E-state index contributed by atoms with van der Waals surface area (Å²) in [6, 6.07) is 5.66. The lowest BCUT2D eigenvalue weighted by Crippen LogP contribution is -2.23. The summed E-state index contributed by atoms with van der Waals surface area (Å²) in [4.78, 5) is 13.3. The number of benzene rings is 1. The van der Waals surface area contributed by atoms with Gasteiger partial charge in [0.2, 0.25) is 0 Å². The van der Waals surface area contributed by atoms with E-state index in [1.165, 1.54) is 0 Å². The van der Waals surface area contributed by atoms with Gasteiger partial charge in [-0.1, -0.05) is 6.07 Å². The largest absolute Gasteiger partial charge is 0.496 e. The molecule has 0 saturated carbocycles. The van der Waals surface area contributed by atoms with Gasteiger partial charge in [-0.15, -0.1) is 0 Å². The van der Waals surface area contributed by atoms with E-state index in [1.54, 1.807) is 7.11 Å². The van der Waals surface area contributed by atoms with Gasteiger partial charge in [-0.05, 0) is 19.1 Å². The van der Waals surface area contributed by atoms with E-state index in [1.807, 2.05) is 25.1 Å². The third-order valence-electron chi connectivity index (χ3n) is 3.03. The lowest BCUT2D eigenvalue weighted by Gasteiger charge is -2.16. The Bertz CT molecular complexity index is 417. The smallest absolute Gasteiger partial charge is 0.313 e. The van der Waals surface area contributed by atoms with E-state index in [2.05, 4.69) is 4.90 Å². The Kier molecular flexibility index (Phi) is 2.73. The maximum atomic E-state index is 11.2. The van der Waals surface area contributed by atoms with Crippen LogP contribution in [-0.4, -0.2) is 31.3 Å². The zero-order valence-corrected chi connectivity index (χ0v) is 9.43. The fourth-order valence-electron chi connectivity index (χ4n) is 2.25. The number of nitrogens with zero attached hydrogens (tertiary/aromatic N) is 1. The second kappa shape index (κ2) is 4.04. The van der Waals surface area contributed by atoms with Gasteiger partial charge in [0.25, 0.3) is 0 Å². The SMILES string of the molecule is CCN1CC(C(=O)O)c2c(OC)cccc21. The van der Waals surface area contributed by atoms with Gasteiger partial charge in [0.1, 0.15) is 11.7 Å². The topological polar surface area (TPSA) is 49.8 Å². The van der Waals surface area contributed by atoms with Gasteiger partial charge in [0.15, 0.2) is 0 Å². The van der Waals surface area contributed by atoms with Crippen LogP contribution in [0.4, 0.5) is 5.69 Å². The van der Waals surface area contributed by atoms with Gasteiger partial charge in [-0.25, -0.2) is 0 Å². The van der Waals surface area contributed by atoms with Crippen molar-refractivity contribution in [2.45, 2.75) is 12.8 Å². The molecule has 0 amide bonds. The van der Waals surface area contributed by atoms with Gasteiger partial charge in [-0.3, -0.25) is 4.79 Å². The number of methoxy groups -OCH3 is 1. The summed E-state index contributed by atoms with van der Waals surface area (Å²) in [5.74, 6) is -0.603. The van der Waals surface area contributed by atoms with Crippen molar-refractivity contribution < 1.29 is 14.6 Å². The highest BCUT2D eigenvalue weighted by Gasteiger charge is 2.35. The molecule has 1 aliphatic heterocycles. The van der Waals surface area contributed by atoms with Crippen LogP contribution in [0.1, 0.15) is 18.4 Å². The highest BCUT2D eigenvalue weighted by atomic mass is 16.5. The Balaban J connectivity index is 2.53. The first kappa shape index (κ1) is 10.8. The molecule has 1 aliphatic rings. The van der Waals surface area contributed by atoms with Crippen molar-refractivity contribution in [3.63, 3.8) is 0 Å². The summed E-state index contributed by atoms with van der Waals surface area (Å²) >= 11 is 0. The van der Waals surface area contributed by atoms with Gasteiger partial charge >= 0.3 is 5.97 Å². The Morgan fingerprint density at radius 3 is 2.94 bits per heavy atom. The number of carbonyl (C=O) groups is 1. The Morgan fingerprint density at radius 1 is 1.62 bits per heavy atom. The summed E-state index contributed by atoms with van der Waals surface area (Å²) < 4.78 is 5.24. The first-order valence-electron chi connectivity index (χ1n) is 5.33. The van der Waals surface area contributed by atoms with E-state index in [4.69, 9.17) is 4.74 Å². The third kappa shape index (κ3) is 1.50. The number of ether oxygens (including phenoxy) is 1. The van der Waals surface area contributed by atoms with Crippen molar-refractivity contribution in [2.75, 3.05) is 25.1 Å². The quantitative estimate of drug-likeness (QED) is 0.844. The number of aliphatic carboxylic acids is 1. The molecule has 0 bridgehead atoms. The predicted octanol–water partition coefficient (Wildman–Crippen LogP) is 1.70. The van der Waals surface area contributed by atoms with E-state index < -0.39 is 11.9 Å². The molecule has 0 aliphatic carbocycles. The highest BCUT2D eigenvalue weighted by Crippen LogP contribution is 2.41. The summed E-state index contributed by atoms with van der Waals surface area (Å²) in [5, 5.41) is 9.21. The van der Waals surface area contributed by atoms with Crippen LogP contribution in [-0.2, 0) is 4.79 Å². The molecule has 16 heavy (non-hydrogen) atoms. The number of hydrogen-bond acceptors (Lipinski definition) is 3. The van der Waals surface area contributed by atoms with Crippen molar-refractivity contribution >= 4 is 11.7 Å². The van der Waals surface area contributed by atoms with Crippen molar-refractivity contribution in [2.24, 2.45) is 0 Å². The molecule has 0 radical (unpaired) electrons. The molecule has 1 heterocycles. The van der Waals surface area contributed by atoms with Gasteiger partial charge in [0.05, 0.1) is 7.11 Å². The molecule has 1 unspecified atom stereocenters. The number of carboxylic acids is 1. The molecule has 1 aromatic rings. The van der Waals surface area contributed by atoms with E-state index in [0.29, 0.717) is 12.3 Å². The summed E-state index contributed by atoms with van der Waals surface area (Å²) in [7, 11) is 1.57. The zero-order valence-electron chi connectivity index (χ0n) is 9.43. The highest BCUT2D eigenvalue weighted by molar-refractivity contribution is 5.84. The fourth-order valence-corrected chi connectivity index (χ4v) is 2.25. The van der Waals surface area contributed by atoms with Crippen LogP contribution in [0.2, 0.25) is 0 Å². The number of hydrogen-bond donors (Lipinski definition) is 1. The van der Waals surface area contributed by atoms with Gasteiger partial charge in [-0.2, -0.15) is 0 Å². The predicted molar refractivity (Wildman–Crippen MR) is 61.3 cm³/mol. The van der Waals surface area contributed by atoms with Crippen LogP contribution in [0.5, 0.6) is 5.75 Å². The molecular formula is C12H15NO3. The number of rotatable bonds is 3. The standard InChI is InChI=1S/C12H15NO3/c1-3-13-7-8(12(14)15)11-9(13)5-4-6-10(11)16-2/h4-6,8H,3,7H2,1-2H3,(H,14,15). The number of carboxylic acid groups (broad SMARTS) is 1. The zero-order chi connectivity index (χ0) is 11.7. The second-order valence-corrected chi connectivity index (χ2v) is 3.82. The van der Waals surface area contributed by atoms with Crippen molar-refractivity contribution in [1.82, 2.24) is 0 Å². The maximum Gasteiger partial charge on any atom is 0.313 e. The van der Waals surface area contributed by atoms with Gasteiger partial charge in [0, 0.05) is 24.3 Å². The first-order chi connectivity index (χ1) is 7.69. The Hall–Kier alpha value is -1.71. The van der Waals surface area contributed by atoms with Crippen LogP contribution in [0.25, 0.3) is 0 Å². The molecule has 1 aromatic carbocycles. The molecule has 4 nitrogen and oxygen atoms in total. The van der Waals surface area contributed by atoms with Gasteiger partial charge < -0.3 is 14.7 Å². The number of anilines is 1. The van der Waals surface area contributed by atoms with E-state index in [0.717, 1.165) is 17.8 Å². The molecule has 86 valence electrons. The van der Waals surface area contributed by atoms with E-state index in [-0.39, 0.29) is 0 Å². The minimum absolute atomic E-state index is 0.480. The maximum absolute atomic E-state index is 11.2. The molecule has 0 spiro atoms. The summed E-state index contributed by atoms with van der Waals surface area (Å²) in [6.07, 6.45) is 0. The van der Waals surface area contributed by atoms with Crippen LogP contribution >= 0.6 is 0 Å². The van der Waals surface area contributed by atoms with Crippen LogP contribution in [0.3, 0.4) is 0 Å². The Morgan fingerprint density at radius 2 is 2.38 bits per heavy atom. The van der Waals surface area contributed by atoms with Crippen LogP contribution < -0.4 is 9.64 Å². The third-order valence-corrected chi connectivity index (χ3v) is 3.03. The Labute approximate surface area is 94.4 Å². The minimum atomic E-state index is -0.790. The summed E-state index contributed by atoms with van der Waals surface area (Å²) in [6.45, 7) is 3.36. The molecule has 2 rings (SSSR count). The monoisotopic (exact) mass is 221 g/mol. The second-order valence-electron chi connectivity index (χ2n) is 3.82. The molecular weight excluding hydrogens is 206 g/mol. The van der Waals surface area contributed by atoms with Crippen LogP contribution in [0.15, 0.2) is 18.2 Å². The number of fused-ring (bicyclic) bond motifs is 1. The summed E-state index contributed by atoms with van der Waals surface area (Å²) in [5.41, 5.74) is 1.79. The lowest BCUT2D eigenvalue weighted by atomic mass is 10.0. The van der Waals surface area contributed by atoms with Crippen molar-refractivity contribution in [3.05, 3.63) is 23.8 Å². The van der Waals surface area contributed by atoms with Crippen molar-refractivity contribution in [1.29, 1.82) is 0 Å². The molecule has 4 heteroatoms. The minimum Gasteiger partial charge on any atom is -0.496 e. The molecule has 0 saturated heterocycles. The van der Waals surface area contributed by atoms with E-state index >= 15 is 0 Å². The van der Waals surface area contributed by atoms with Crippen LogP contribution in [0, 0.1) is 0 Å². The van der Waals surface area contributed by atoms with E-state index in [9.17, 15) is 9.90 Å². The fraction of sp³-hybridized carbons (Fsp3) is 0.417. The molecule has 1 atom stereocenters. The molecule has 0 aromatic heterocycles. The lowest BCUT2D eigenvalue weighted by molar-refractivity contribution is -0.138. The normalized spacial score (nSPS) is 18.4. The first-order valence-corrected chi connectivity index (χ1v) is 5.33. The average Bonchev–Trinajstić information content (AvgIpc) is 2.67. The average molecular weight is 221 g/mol. The van der Waals surface area contributed by atoms with Crippen molar-refractivity contribution in [3.8, 4) is 5.75 Å².